The van der Waals surface area contributed by atoms with Gasteiger partial charge >= 0.3 is 5.97 Å². The fraction of sp³-hybridized carbons (Fsp3) is 0.0667. The number of nitriles is 1. The maximum Gasteiger partial charge on any atom is 0.338 e. The molecule has 0 aliphatic carbocycles. The van der Waals surface area contributed by atoms with E-state index in [0.717, 1.165) is 18.2 Å². The van der Waals surface area contributed by atoms with Crippen molar-refractivity contribution in [2.24, 2.45) is 0 Å². The van der Waals surface area contributed by atoms with Crippen molar-refractivity contribution in [3.8, 4) is 6.07 Å². The molecule has 4 nitrogen and oxygen atoms in total. The lowest BCUT2D eigenvalue weighted by molar-refractivity contribution is 0.0469. The van der Waals surface area contributed by atoms with Crippen molar-refractivity contribution >= 4 is 11.7 Å². The van der Waals surface area contributed by atoms with Crippen molar-refractivity contribution in [3.05, 3.63) is 64.7 Å². The second-order valence-electron chi connectivity index (χ2n) is 4.23. The van der Waals surface area contributed by atoms with Gasteiger partial charge in [-0.2, -0.15) is 5.26 Å². The van der Waals surface area contributed by atoms with E-state index in [1.54, 1.807) is 6.07 Å². The van der Waals surface area contributed by atoms with Gasteiger partial charge in [0, 0.05) is 5.56 Å². The highest BCUT2D eigenvalue weighted by molar-refractivity contribution is 5.90. The molecule has 0 radical (unpaired) electrons. The Morgan fingerprint density at radius 3 is 2.57 bits per heavy atom. The second-order valence-corrected chi connectivity index (χ2v) is 4.23. The lowest BCUT2D eigenvalue weighted by atomic mass is 10.1. The first kappa shape index (κ1) is 14.5. The minimum Gasteiger partial charge on any atom is -0.457 e. The zero-order valence-corrected chi connectivity index (χ0v) is 10.8. The van der Waals surface area contributed by atoms with Gasteiger partial charge < -0.3 is 10.5 Å². The van der Waals surface area contributed by atoms with Crippen LogP contribution in [0.5, 0.6) is 0 Å². The molecule has 0 spiro atoms. The average molecular weight is 288 g/mol. The number of anilines is 1. The molecular weight excluding hydrogens is 278 g/mol. The van der Waals surface area contributed by atoms with E-state index < -0.39 is 17.6 Å². The predicted octanol–water partition coefficient (Wildman–Crippen LogP) is 2.78. The van der Waals surface area contributed by atoms with Gasteiger partial charge in [-0.1, -0.05) is 6.07 Å². The van der Waals surface area contributed by atoms with E-state index in [9.17, 15) is 13.6 Å². The maximum absolute atomic E-state index is 13.6. The van der Waals surface area contributed by atoms with Gasteiger partial charge in [-0.15, -0.1) is 0 Å². The van der Waals surface area contributed by atoms with Crippen LogP contribution >= 0.6 is 0 Å². The molecule has 0 aromatic heterocycles. The van der Waals surface area contributed by atoms with Crippen molar-refractivity contribution in [1.29, 1.82) is 5.26 Å². The van der Waals surface area contributed by atoms with Gasteiger partial charge in [0.15, 0.2) is 0 Å². The van der Waals surface area contributed by atoms with Crippen LogP contribution in [-0.2, 0) is 11.3 Å². The van der Waals surface area contributed by atoms with Gasteiger partial charge in [-0.05, 0) is 30.3 Å². The number of nitrogens with two attached hydrogens (primary N) is 1. The van der Waals surface area contributed by atoms with E-state index in [4.69, 9.17) is 15.7 Å². The van der Waals surface area contributed by atoms with Crippen molar-refractivity contribution in [2.45, 2.75) is 6.61 Å². The number of esters is 1. The molecular formula is C15H10F2N2O2. The summed E-state index contributed by atoms with van der Waals surface area (Å²) in [5, 5.41) is 8.62. The van der Waals surface area contributed by atoms with Crippen molar-refractivity contribution < 1.29 is 18.3 Å². The topological polar surface area (TPSA) is 76.1 Å². The summed E-state index contributed by atoms with van der Waals surface area (Å²) in [4.78, 5) is 11.7. The molecule has 0 aliphatic heterocycles. The Kier molecular flexibility index (Phi) is 4.14. The fourth-order valence-corrected chi connectivity index (χ4v) is 1.63. The number of hydrogen-bond acceptors (Lipinski definition) is 4. The van der Waals surface area contributed by atoms with Crippen LogP contribution in [0.1, 0.15) is 21.5 Å². The molecule has 2 aromatic carbocycles. The molecule has 2 N–H and O–H groups in total. The maximum atomic E-state index is 13.6. The molecule has 6 heteroatoms. The van der Waals surface area contributed by atoms with Crippen molar-refractivity contribution in [1.82, 2.24) is 0 Å². The summed E-state index contributed by atoms with van der Waals surface area (Å²) < 4.78 is 31.5. The van der Waals surface area contributed by atoms with Crippen molar-refractivity contribution in [2.75, 3.05) is 5.73 Å². The summed E-state index contributed by atoms with van der Waals surface area (Å²) in [6.07, 6.45) is 0. The molecule has 0 atom stereocenters. The third-order valence-electron chi connectivity index (χ3n) is 2.77. The van der Waals surface area contributed by atoms with Crippen LogP contribution in [0, 0.1) is 23.0 Å². The summed E-state index contributed by atoms with van der Waals surface area (Å²) >= 11 is 0. The van der Waals surface area contributed by atoms with E-state index in [1.165, 1.54) is 18.2 Å². The van der Waals surface area contributed by atoms with Crippen LogP contribution in [0.2, 0.25) is 0 Å². The SMILES string of the molecule is N#Cc1ccc(COC(=O)c2ccc(F)c(N)c2)c(F)c1. The molecule has 21 heavy (non-hydrogen) atoms. The molecule has 0 aliphatic rings. The number of carbonyl (C=O) groups is 1. The molecule has 0 heterocycles. The summed E-state index contributed by atoms with van der Waals surface area (Å²) in [7, 11) is 0. The third kappa shape index (κ3) is 3.34. The highest BCUT2D eigenvalue weighted by Crippen LogP contribution is 2.15. The predicted molar refractivity (Wildman–Crippen MR) is 71.0 cm³/mol. The van der Waals surface area contributed by atoms with Crippen LogP contribution in [0.25, 0.3) is 0 Å². The van der Waals surface area contributed by atoms with E-state index in [0.29, 0.717) is 0 Å². The van der Waals surface area contributed by atoms with Gasteiger partial charge in [0.25, 0.3) is 0 Å². The van der Waals surface area contributed by atoms with Crippen molar-refractivity contribution in [3.63, 3.8) is 0 Å². The zero-order valence-electron chi connectivity index (χ0n) is 10.8. The largest absolute Gasteiger partial charge is 0.457 e. The van der Waals surface area contributed by atoms with Gasteiger partial charge in [-0.25, -0.2) is 13.6 Å². The number of halogens is 2. The normalized spacial score (nSPS) is 9.95. The van der Waals surface area contributed by atoms with Gasteiger partial charge in [0.1, 0.15) is 18.2 Å². The summed E-state index contributed by atoms with van der Waals surface area (Å²) in [5.41, 5.74) is 5.56. The Bertz CT molecular complexity index is 739. The second kappa shape index (κ2) is 6.01. The average Bonchev–Trinajstić information content (AvgIpc) is 2.48. The molecule has 0 fully saturated rings. The Hall–Kier alpha value is -2.94. The first-order valence-electron chi connectivity index (χ1n) is 5.92. The highest BCUT2D eigenvalue weighted by Gasteiger charge is 2.11. The van der Waals surface area contributed by atoms with Gasteiger partial charge in [0.05, 0.1) is 22.9 Å². The number of nitrogens with zero attached hydrogens (tertiary/aromatic N) is 1. The van der Waals surface area contributed by atoms with Crippen LogP contribution in [0.4, 0.5) is 14.5 Å². The lowest BCUT2D eigenvalue weighted by Crippen LogP contribution is -2.07. The third-order valence-corrected chi connectivity index (χ3v) is 2.77. The Morgan fingerprint density at radius 2 is 1.95 bits per heavy atom. The highest BCUT2D eigenvalue weighted by atomic mass is 19.1. The van der Waals surface area contributed by atoms with E-state index >= 15 is 0 Å². The molecule has 0 saturated heterocycles. The van der Waals surface area contributed by atoms with Gasteiger partial charge in [-0.3, -0.25) is 0 Å². The molecule has 0 saturated carbocycles. The Morgan fingerprint density at radius 1 is 1.19 bits per heavy atom. The summed E-state index contributed by atoms with van der Waals surface area (Å²) in [6, 6.07) is 9.06. The molecule has 2 aromatic rings. The van der Waals surface area contributed by atoms with E-state index in [2.05, 4.69) is 0 Å². The molecule has 0 bridgehead atoms. The molecule has 0 unspecified atom stereocenters. The summed E-state index contributed by atoms with van der Waals surface area (Å²) in [5.74, 6) is -2.02. The van der Waals surface area contributed by atoms with E-state index in [-0.39, 0.29) is 29.0 Å². The zero-order chi connectivity index (χ0) is 15.4. The first-order chi connectivity index (χ1) is 10.0. The molecule has 106 valence electrons. The standard InChI is InChI=1S/C15H10F2N2O2/c16-12-4-3-10(6-14(12)19)15(20)21-8-11-2-1-9(7-18)5-13(11)17/h1-6H,8,19H2. The smallest absolute Gasteiger partial charge is 0.338 e. The fourth-order valence-electron chi connectivity index (χ4n) is 1.63. The minimum atomic E-state index is -0.745. The van der Waals surface area contributed by atoms with Crippen LogP contribution < -0.4 is 5.73 Å². The van der Waals surface area contributed by atoms with Crippen LogP contribution in [0.15, 0.2) is 36.4 Å². The number of rotatable bonds is 3. The lowest BCUT2D eigenvalue weighted by Gasteiger charge is -2.07. The van der Waals surface area contributed by atoms with Gasteiger partial charge in [0.2, 0.25) is 0 Å². The number of benzene rings is 2. The summed E-state index contributed by atoms with van der Waals surface area (Å²) in [6.45, 7) is -0.298. The van der Waals surface area contributed by atoms with Crippen LogP contribution in [0.3, 0.4) is 0 Å². The van der Waals surface area contributed by atoms with E-state index in [1.807, 2.05) is 0 Å². The molecule has 0 amide bonds. The number of nitrogen functional groups attached to an aromatic ring is 1. The Labute approximate surface area is 119 Å². The Balaban J connectivity index is 2.07. The first-order valence-corrected chi connectivity index (χ1v) is 5.92. The monoisotopic (exact) mass is 288 g/mol. The number of carbonyl (C=O) groups excluding carboxylic acids is 1. The van der Waals surface area contributed by atoms with Crippen LogP contribution in [-0.4, -0.2) is 5.97 Å². The minimum absolute atomic E-state index is 0.0722. The number of hydrogen-bond donors (Lipinski definition) is 1. The molecule has 2 rings (SSSR count). The number of ether oxygens (including phenoxy) is 1. The quantitative estimate of drug-likeness (QED) is 0.696.